The van der Waals surface area contributed by atoms with Gasteiger partial charge in [0, 0.05) is 18.5 Å². The zero-order valence-electron chi connectivity index (χ0n) is 10.7. The van der Waals surface area contributed by atoms with E-state index in [4.69, 9.17) is 10.5 Å². The van der Waals surface area contributed by atoms with Crippen LogP contribution < -0.4 is 10.5 Å². The van der Waals surface area contributed by atoms with Crippen molar-refractivity contribution in [2.75, 3.05) is 6.54 Å². The van der Waals surface area contributed by atoms with Crippen LogP contribution in [-0.2, 0) is 6.42 Å². The maximum atomic E-state index is 13.0. The Balaban J connectivity index is 2.10. The summed E-state index contributed by atoms with van der Waals surface area (Å²) in [4.78, 5) is 4.13. The second kappa shape index (κ2) is 4.63. The number of rotatable bonds is 2. The number of nitrogens with zero attached hydrogens (tertiary/aromatic N) is 1. The Morgan fingerprint density at radius 1 is 1.42 bits per heavy atom. The first-order valence-corrected chi connectivity index (χ1v) is 6.29. The van der Waals surface area contributed by atoms with Crippen LogP contribution in [0.2, 0.25) is 0 Å². The van der Waals surface area contributed by atoms with Gasteiger partial charge in [0.15, 0.2) is 0 Å². The molecule has 1 aromatic heterocycles. The van der Waals surface area contributed by atoms with E-state index in [1.165, 1.54) is 12.3 Å². The van der Waals surface area contributed by atoms with E-state index in [0.29, 0.717) is 6.54 Å². The third kappa shape index (κ3) is 2.19. The van der Waals surface area contributed by atoms with E-state index in [1.807, 2.05) is 13.0 Å². The highest BCUT2D eigenvalue weighted by molar-refractivity contribution is 5.71. The van der Waals surface area contributed by atoms with Gasteiger partial charge in [0.05, 0.1) is 11.9 Å². The van der Waals surface area contributed by atoms with Crippen molar-refractivity contribution in [1.82, 2.24) is 4.98 Å². The number of pyridine rings is 1. The van der Waals surface area contributed by atoms with Crippen molar-refractivity contribution in [1.29, 1.82) is 0 Å². The first-order valence-electron chi connectivity index (χ1n) is 6.29. The number of ether oxygens (including phenoxy) is 1. The fourth-order valence-corrected chi connectivity index (χ4v) is 2.45. The fraction of sp³-hybridized carbons (Fsp3) is 0.267. The van der Waals surface area contributed by atoms with Gasteiger partial charge in [0.2, 0.25) is 0 Å². The van der Waals surface area contributed by atoms with E-state index < -0.39 is 0 Å². The van der Waals surface area contributed by atoms with Crippen molar-refractivity contribution in [3.63, 3.8) is 0 Å². The second-order valence-corrected chi connectivity index (χ2v) is 4.84. The molecule has 0 bridgehead atoms. The molecule has 0 radical (unpaired) electrons. The summed E-state index contributed by atoms with van der Waals surface area (Å²) in [7, 11) is 0. The second-order valence-electron chi connectivity index (χ2n) is 4.84. The van der Waals surface area contributed by atoms with Gasteiger partial charge in [-0.25, -0.2) is 4.39 Å². The van der Waals surface area contributed by atoms with E-state index in [9.17, 15) is 4.39 Å². The Hall–Kier alpha value is -1.94. The Kier molecular flexibility index (Phi) is 2.95. The van der Waals surface area contributed by atoms with E-state index in [-0.39, 0.29) is 11.9 Å². The normalized spacial score (nSPS) is 17.1. The molecule has 1 atom stereocenters. The lowest BCUT2D eigenvalue weighted by Crippen LogP contribution is -2.24. The van der Waals surface area contributed by atoms with Gasteiger partial charge < -0.3 is 10.5 Å². The SMILES string of the molecule is Cc1cc2c(c(-c3ccc(F)cn3)c1)O[C@@H](CN)C2. The summed E-state index contributed by atoms with van der Waals surface area (Å²) in [6.07, 6.45) is 2.07. The van der Waals surface area contributed by atoms with Crippen molar-refractivity contribution in [3.05, 3.63) is 47.4 Å². The average Bonchev–Trinajstić information content (AvgIpc) is 2.81. The third-order valence-electron chi connectivity index (χ3n) is 3.31. The van der Waals surface area contributed by atoms with Crippen LogP contribution in [0.15, 0.2) is 30.5 Å². The van der Waals surface area contributed by atoms with Crippen LogP contribution in [0.25, 0.3) is 11.3 Å². The van der Waals surface area contributed by atoms with Gasteiger partial charge in [-0.2, -0.15) is 0 Å². The standard InChI is InChI=1S/C15H15FN2O/c1-9-4-10-6-12(7-17)19-15(10)13(5-9)14-3-2-11(16)8-18-14/h2-5,8,12H,6-7,17H2,1H3/t12-/m1/s1. The third-order valence-corrected chi connectivity index (χ3v) is 3.31. The topological polar surface area (TPSA) is 48.1 Å². The van der Waals surface area contributed by atoms with Gasteiger partial charge in [-0.1, -0.05) is 6.07 Å². The molecule has 98 valence electrons. The van der Waals surface area contributed by atoms with Gasteiger partial charge in [-0.05, 0) is 36.2 Å². The number of aromatic nitrogens is 1. The summed E-state index contributed by atoms with van der Waals surface area (Å²) < 4.78 is 18.8. The van der Waals surface area contributed by atoms with Gasteiger partial charge in [-0.3, -0.25) is 4.98 Å². The smallest absolute Gasteiger partial charge is 0.141 e. The van der Waals surface area contributed by atoms with Crippen LogP contribution in [0, 0.1) is 12.7 Å². The highest BCUT2D eigenvalue weighted by Crippen LogP contribution is 2.38. The summed E-state index contributed by atoms with van der Waals surface area (Å²) in [5, 5.41) is 0. The largest absolute Gasteiger partial charge is 0.488 e. The number of benzene rings is 1. The molecule has 4 heteroatoms. The molecule has 1 aromatic carbocycles. The molecule has 2 aromatic rings. The molecule has 0 spiro atoms. The van der Waals surface area contributed by atoms with Gasteiger partial charge in [-0.15, -0.1) is 0 Å². The van der Waals surface area contributed by atoms with Crippen LogP contribution in [0.3, 0.4) is 0 Å². The summed E-state index contributed by atoms with van der Waals surface area (Å²) in [6, 6.07) is 7.20. The quantitative estimate of drug-likeness (QED) is 0.900. The van der Waals surface area contributed by atoms with Crippen LogP contribution in [0.4, 0.5) is 4.39 Å². The number of fused-ring (bicyclic) bond motifs is 1. The van der Waals surface area contributed by atoms with Crippen molar-refractivity contribution in [2.24, 2.45) is 5.73 Å². The molecule has 19 heavy (non-hydrogen) atoms. The molecule has 0 fully saturated rings. The lowest BCUT2D eigenvalue weighted by molar-refractivity contribution is 0.242. The van der Waals surface area contributed by atoms with E-state index in [1.54, 1.807) is 6.07 Å². The Bertz CT molecular complexity index is 610. The lowest BCUT2D eigenvalue weighted by Gasteiger charge is -2.11. The molecule has 0 saturated carbocycles. The minimum atomic E-state index is -0.339. The Morgan fingerprint density at radius 3 is 2.95 bits per heavy atom. The number of aryl methyl sites for hydroxylation is 1. The summed E-state index contributed by atoms with van der Waals surface area (Å²) in [5.41, 5.74) is 9.59. The summed E-state index contributed by atoms with van der Waals surface area (Å²) >= 11 is 0. The molecule has 0 aliphatic carbocycles. The minimum Gasteiger partial charge on any atom is -0.488 e. The van der Waals surface area contributed by atoms with Crippen LogP contribution in [0.1, 0.15) is 11.1 Å². The van der Waals surface area contributed by atoms with Gasteiger partial charge >= 0.3 is 0 Å². The van der Waals surface area contributed by atoms with Crippen LogP contribution in [-0.4, -0.2) is 17.6 Å². The van der Waals surface area contributed by atoms with Gasteiger partial charge in [0.25, 0.3) is 0 Å². The molecule has 3 rings (SSSR count). The van der Waals surface area contributed by atoms with Crippen molar-refractivity contribution >= 4 is 0 Å². The molecule has 2 N–H and O–H groups in total. The molecule has 0 amide bonds. The first-order chi connectivity index (χ1) is 9.17. The summed E-state index contributed by atoms with van der Waals surface area (Å²) in [6.45, 7) is 2.52. The maximum Gasteiger partial charge on any atom is 0.141 e. The van der Waals surface area contributed by atoms with E-state index in [0.717, 1.165) is 34.6 Å². The predicted molar refractivity (Wildman–Crippen MR) is 71.5 cm³/mol. The first kappa shape index (κ1) is 12.1. The van der Waals surface area contributed by atoms with Crippen LogP contribution >= 0.6 is 0 Å². The maximum absolute atomic E-state index is 13.0. The zero-order chi connectivity index (χ0) is 13.4. The highest BCUT2D eigenvalue weighted by Gasteiger charge is 2.25. The molecule has 1 aliphatic heterocycles. The van der Waals surface area contributed by atoms with Crippen molar-refractivity contribution in [2.45, 2.75) is 19.4 Å². The highest BCUT2D eigenvalue weighted by atomic mass is 19.1. The van der Waals surface area contributed by atoms with E-state index >= 15 is 0 Å². The zero-order valence-corrected chi connectivity index (χ0v) is 10.7. The monoisotopic (exact) mass is 258 g/mol. The number of nitrogens with two attached hydrogens (primary N) is 1. The minimum absolute atomic E-state index is 0.0241. The molecule has 1 aliphatic rings. The number of hydrogen-bond donors (Lipinski definition) is 1. The van der Waals surface area contributed by atoms with E-state index in [2.05, 4.69) is 11.1 Å². The predicted octanol–water partition coefficient (Wildman–Crippen LogP) is 2.46. The van der Waals surface area contributed by atoms with Crippen molar-refractivity contribution in [3.8, 4) is 17.0 Å². The molecule has 3 nitrogen and oxygen atoms in total. The van der Waals surface area contributed by atoms with Gasteiger partial charge in [0.1, 0.15) is 17.7 Å². The average molecular weight is 258 g/mol. The molecule has 0 unspecified atom stereocenters. The lowest BCUT2D eigenvalue weighted by atomic mass is 10.0. The summed E-state index contributed by atoms with van der Waals surface area (Å²) in [5.74, 6) is 0.494. The molecular weight excluding hydrogens is 243 g/mol. The number of halogens is 1. The Labute approximate surface area is 111 Å². The van der Waals surface area contributed by atoms with Crippen molar-refractivity contribution < 1.29 is 9.13 Å². The van der Waals surface area contributed by atoms with Crippen LogP contribution in [0.5, 0.6) is 5.75 Å². The fourth-order valence-electron chi connectivity index (χ4n) is 2.45. The Morgan fingerprint density at radius 2 is 2.26 bits per heavy atom. The number of hydrogen-bond acceptors (Lipinski definition) is 3. The molecule has 0 saturated heterocycles. The molecular formula is C15H15FN2O. The molecule has 2 heterocycles.